The largest absolute Gasteiger partial charge is 0.350 e. The maximum absolute atomic E-state index is 13.6. The highest BCUT2D eigenvalue weighted by atomic mass is 32.2. The predicted molar refractivity (Wildman–Crippen MR) is 165 cm³/mol. The molecule has 0 saturated carbocycles. The molecule has 0 spiro atoms. The molecule has 0 aromatic carbocycles. The summed E-state index contributed by atoms with van der Waals surface area (Å²) in [5.74, 6) is 0.701. The van der Waals surface area contributed by atoms with Gasteiger partial charge in [0.2, 0.25) is 0 Å². The van der Waals surface area contributed by atoms with Crippen LogP contribution in [0.1, 0.15) is 70.4 Å². The minimum Gasteiger partial charge on any atom is -0.350 e. The highest BCUT2D eigenvalue weighted by molar-refractivity contribution is 7.90. The van der Waals surface area contributed by atoms with E-state index in [1.54, 1.807) is 30.8 Å². The smallest absolute Gasteiger partial charge is 0.268 e. The standard InChI is InChI=1S/C29H45N7O3SSi/c1-20-17-29(6,7)35(18-20)26-22(27(37)33-40(38,39)23-19-34(8)31-21(23)2)11-12-24(30-26)36-15-13-25(32-36)41(9,10)16-14-28(3,4)5/h11-13,15,19-20H,14,16-18H2,1-10H3,(H,33,37)/t20-/m0/s1. The van der Waals surface area contributed by atoms with Crippen molar-refractivity contribution in [3.63, 3.8) is 0 Å². The molecular formula is C29H45N7O3SSi. The van der Waals surface area contributed by atoms with E-state index in [2.05, 4.69) is 75.4 Å². The fraction of sp³-hybridized carbons (Fsp3) is 0.586. The maximum Gasteiger partial charge on any atom is 0.268 e. The van der Waals surface area contributed by atoms with E-state index >= 15 is 0 Å². The number of anilines is 1. The number of nitrogens with zero attached hydrogens (tertiary/aromatic N) is 6. The van der Waals surface area contributed by atoms with E-state index in [-0.39, 0.29) is 21.4 Å². The molecule has 3 aromatic heterocycles. The van der Waals surface area contributed by atoms with E-state index in [1.807, 2.05) is 6.20 Å². The van der Waals surface area contributed by atoms with Gasteiger partial charge in [-0.25, -0.2) is 22.8 Å². The number of aromatic nitrogens is 5. The number of aryl methyl sites for hydroxylation is 2. The molecule has 1 aliphatic rings. The summed E-state index contributed by atoms with van der Waals surface area (Å²) in [5, 5.41) is 10.2. The topological polar surface area (TPSA) is 115 Å². The molecule has 1 amide bonds. The number of pyridine rings is 1. The van der Waals surface area contributed by atoms with Crippen molar-refractivity contribution in [3.05, 3.63) is 41.9 Å². The summed E-state index contributed by atoms with van der Waals surface area (Å²) in [6.07, 6.45) is 5.38. The Morgan fingerprint density at radius 2 is 1.85 bits per heavy atom. The lowest BCUT2D eigenvalue weighted by atomic mass is 9.94. The number of nitrogens with one attached hydrogen (secondary N) is 1. The van der Waals surface area contributed by atoms with E-state index in [0.717, 1.165) is 24.2 Å². The van der Waals surface area contributed by atoms with Gasteiger partial charge in [-0.05, 0) is 56.7 Å². The van der Waals surface area contributed by atoms with Gasteiger partial charge in [0.1, 0.15) is 18.8 Å². The van der Waals surface area contributed by atoms with Gasteiger partial charge in [0, 0.05) is 36.8 Å². The number of hydrogen-bond acceptors (Lipinski definition) is 7. The number of sulfonamides is 1. The fourth-order valence-corrected chi connectivity index (χ4v) is 9.33. The van der Waals surface area contributed by atoms with Crippen molar-refractivity contribution < 1.29 is 13.2 Å². The number of rotatable bonds is 8. The van der Waals surface area contributed by atoms with Crippen LogP contribution in [0.5, 0.6) is 0 Å². The van der Waals surface area contributed by atoms with Gasteiger partial charge in [0.25, 0.3) is 15.9 Å². The molecule has 0 aliphatic carbocycles. The third-order valence-electron chi connectivity index (χ3n) is 7.94. The molecule has 1 atom stereocenters. The molecule has 12 heteroatoms. The second kappa shape index (κ2) is 10.7. The normalized spacial score (nSPS) is 17.7. The fourth-order valence-electron chi connectivity index (χ4n) is 5.61. The summed E-state index contributed by atoms with van der Waals surface area (Å²) >= 11 is 0. The minimum atomic E-state index is -4.13. The average Bonchev–Trinajstić information content (AvgIpc) is 3.53. The van der Waals surface area contributed by atoms with Gasteiger partial charge in [-0.15, -0.1) is 0 Å². The van der Waals surface area contributed by atoms with Crippen LogP contribution in [-0.2, 0) is 17.1 Å². The molecule has 0 unspecified atom stereocenters. The van der Waals surface area contributed by atoms with E-state index in [1.165, 1.54) is 10.9 Å². The SMILES string of the molecule is Cc1nn(C)cc1S(=O)(=O)NC(=O)c1ccc(-n2ccc([Si](C)(C)CCC(C)(C)C)n2)nc1N1C[C@@H](C)CC1(C)C. The van der Waals surface area contributed by atoms with Crippen LogP contribution in [0, 0.1) is 18.3 Å². The van der Waals surface area contributed by atoms with E-state index in [4.69, 9.17) is 10.1 Å². The highest BCUT2D eigenvalue weighted by Crippen LogP contribution is 2.38. The maximum atomic E-state index is 13.6. The van der Waals surface area contributed by atoms with Crippen molar-refractivity contribution >= 4 is 35.1 Å². The van der Waals surface area contributed by atoms with Crippen molar-refractivity contribution in [2.24, 2.45) is 18.4 Å². The Morgan fingerprint density at radius 1 is 1.17 bits per heavy atom. The molecule has 4 rings (SSSR count). The van der Waals surface area contributed by atoms with Gasteiger partial charge < -0.3 is 4.90 Å². The summed E-state index contributed by atoms with van der Waals surface area (Å²) in [6, 6.07) is 6.60. The first-order chi connectivity index (χ1) is 18.8. The summed E-state index contributed by atoms with van der Waals surface area (Å²) in [7, 11) is -4.26. The average molecular weight is 600 g/mol. The second-order valence-electron chi connectivity index (χ2n) is 14.1. The molecule has 0 radical (unpaired) electrons. The predicted octanol–water partition coefficient (Wildman–Crippen LogP) is 4.40. The molecule has 41 heavy (non-hydrogen) atoms. The molecule has 3 aromatic rings. The number of carbonyl (C=O) groups is 1. The summed E-state index contributed by atoms with van der Waals surface area (Å²) in [6.45, 7) is 20.2. The van der Waals surface area contributed by atoms with Gasteiger partial charge in [0.15, 0.2) is 5.82 Å². The second-order valence-corrected chi connectivity index (χ2v) is 20.5. The molecule has 1 saturated heterocycles. The number of amides is 1. The van der Waals surface area contributed by atoms with Crippen LogP contribution in [0.3, 0.4) is 0 Å². The molecule has 10 nitrogen and oxygen atoms in total. The monoisotopic (exact) mass is 599 g/mol. The van der Waals surface area contributed by atoms with Crippen molar-refractivity contribution in [2.45, 2.75) is 90.9 Å². The molecule has 0 bridgehead atoms. The lowest BCUT2D eigenvalue weighted by Crippen LogP contribution is -2.43. The van der Waals surface area contributed by atoms with Crippen LogP contribution < -0.4 is 14.9 Å². The summed E-state index contributed by atoms with van der Waals surface area (Å²) in [4.78, 5) is 20.6. The molecule has 4 heterocycles. The number of carbonyl (C=O) groups excluding carboxylic acids is 1. The van der Waals surface area contributed by atoms with Crippen molar-refractivity contribution in [3.8, 4) is 5.82 Å². The van der Waals surface area contributed by atoms with Crippen LogP contribution in [0.25, 0.3) is 5.82 Å². The lowest BCUT2D eigenvalue weighted by molar-refractivity contribution is 0.0981. The van der Waals surface area contributed by atoms with Crippen molar-refractivity contribution in [1.82, 2.24) is 29.3 Å². The molecular weight excluding hydrogens is 555 g/mol. The first kappa shape index (κ1) is 31.0. The van der Waals surface area contributed by atoms with Crippen LogP contribution in [-0.4, -0.2) is 59.0 Å². The summed E-state index contributed by atoms with van der Waals surface area (Å²) < 4.78 is 31.7. The Balaban J connectivity index is 1.72. The van der Waals surface area contributed by atoms with Gasteiger partial charge in [0.05, 0.1) is 11.3 Å². The van der Waals surface area contributed by atoms with Crippen molar-refractivity contribution in [1.29, 1.82) is 0 Å². The first-order valence-corrected chi connectivity index (χ1v) is 18.9. The zero-order valence-electron chi connectivity index (χ0n) is 26.1. The third-order valence-corrected chi connectivity index (χ3v) is 12.5. The zero-order chi connectivity index (χ0) is 30.5. The Morgan fingerprint density at radius 3 is 2.41 bits per heavy atom. The quantitative estimate of drug-likeness (QED) is 0.382. The van der Waals surface area contributed by atoms with Crippen LogP contribution >= 0.6 is 0 Å². The van der Waals surface area contributed by atoms with Gasteiger partial charge in [-0.1, -0.05) is 53.3 Å². The van der Waals surface area contributed by atoms with Crippen LogP contribution in [0.2, 0.25) is 19.1 Å². The zero-order valence-corrected chi connectivity index (χ0v) is 27.9. The van der Waals surface area contributed by atoms with Gasteiger partial charge in [-0.2, -0.15) is 10.2 Å². The Bertz CT molecular complexity index is 1550. The van der Waals surface area contributed by atoms with Crippen molar-refractivity contribution in [2.75, 3.05) is 11.4 Å². The van der Waals surface area contributed by atoms with Crippen LogP contribution in [0.4, 0.5) is 5.82 Å². The van der Waals surface area contributed by atoms with Crippen LogP contribution in [0.15, 0.2) is 35.5 Å². The Labute approximate surface area is 245 Å². The number of hydrogen-bond donors (Lipinski definition) is 1. The molecule has 224 valence electrons. The molecule has 1 aliphatic heterocycles. The molecule has 1 N–H and O–H groups in total. The van der Waals surface area contributed by atoms with E-state index in [9.17, 15) is 13.2 Å². The highest BCUT2D eigenvalue weighted by Gasteiger charge is 2.39. The Kier molecular flexibility index (Phi) is 8.07. The van der Waals surface area contributed by atoms with E-state index < -0.39 is 24.0 Å². The summed E-state index contributed by atoms with van der Waals surface area (Å²) in [5.41, 5.74) is 0.520. The minimum absolute atomic E-state index is 0.0306. The lowest BCUT2D eigenvalue weighted by Gasteiger charge is -2.34. The van der Waals surface area contributed by atoms with Gasteiger partial charge >= 0.3 is 0 Å². The van der Waals surface area contributed by atoms with Gasteiger partial charge in [-0.3, -0.25) is 9.48 Å². The first-order valence-electron chi connectivity index (χ1n) is 14.2. The Hall–Kier alpha value is -2.99. The third kappa shape index (κ3) is 6.74. The van der Waals surface area contributed by atoms with E-state index in [0.29, 0.717) is 29.8 Å². The molecule has 1 fully saturated rings.